The third kappa shape index (κ3) is 4.18. The number of piperidine rings is 1. The first-order valence-corrected chi connectivity index (χ1v) is 6.99. The van der Waals surface area contributed by atoms with Crippen LogP contribution >= 0.6 is 0 Å². The first-order valence-electron chi connectivity index (χ1n) is 6.99. The van der Waals surface area contributed by atoms with E-state index in [1.165, 1.54) is 0 Å². The molecule has 1 aliphatic rings. The quantitative estimate of drug-likeness (QED) is 0.669. The highest BCUT2D eigenvalue weighted by atomic mass is 19.1. The fraction of sp³-hybridized carbons (Fsp3) is 0.571. The standard InChI is InChI=1S/C14H19F2N3O2/c1-18-4-2-10(3-5-18)8-17-9-11-6-14(19(20)21)13(16)7-12(11)15/h6-7,10,17H,2-5,8-9H2,1H3. The highest BCUT2D eigenvalue weighted by Crippen LogP contribution is 2.21. The lowest BCUT2D eigenvalue weighted by molar-refractivity contribution is -0.387. The van der Waals surface area contributed by atoms with Crippen molar-refractivity contribution in [3.8, 4) is 0 Å². The van der Waals surface area contributed by atoms with Gasteiger partial charge in [-0.3, -0.25) is 10.1 Å². The van der Waals surface area contributed by atoms with Crippen LogP contribution in [0.1, 0.15) is 18.4 Å². The number of nitrogens with zero attached hydrogens (tertiary/aromatic N) is 2. The predicted molar refractivity (Wildman–Crippen MR) is 74.9 cm³/mol. The van der Waals surface area contributed by atoms with E-state index in [1.54, 1.807) is 0 Å². The van der Waals surface area contributed by atoms with Crippen molar-refractivity contribution in [2.24, 2.45) is 5.92 Å². The SMILES string of the molecule is CN1CCC(CNCc2cc([N+](=O)[O-])c(F)cc2F)CC1. The smallest absolute Gasteiger partial charge is 0.305 e. The molecule has 2 rings (SSSR count). The molecular weight excluding hydrogens is 280 g/mol. The van der Waals surface area contributed by atoms with Crippen LogP contribution in [0.2, 0.25) is 0 Å². The molecule has 0 aromatic heterocycles. The second kappa shape index (κ2) is 6.91. The van der Waals surface area contributed by atoms with Gasteiger partial charge in [0.05, 0.1) is 4.92 Å². The molecular formula is C14H19F2N3O2. The van der Waals surface area contributed by atoms with Gasteiger partial charge in [0, 0.05) is 24.2 Å². The van der Waals surface area contributed by atoms with E-state index in [1.807, 2.05) is 0 Å². The van der Waals surface area contributed by atoms with Crippen molar-refractivity contribution in [2.75, 3.05) is 26.7 Å². The van der Waals surface area contributed by atoms with Crippen LogP contribution in [0.3, 0.4) is 0 Å². The zero-order valence-electron chi connectivity index (χ0n) is 11.9. The molecule has 5 nitrogen and oxygen atoms in total. The normalized spacial score (nSPS) is 17.1. The summed E-state index contributed by atoms with van der Waals surface area (Å²) >= 11 is 0. The summed E-state index contributed by atoms with van der Waals surface area (Å²) in [5, 5.41) is 13.8. The molecule has 1 saturated heterocycles. The third-order valence-corrected chi connectivity index (χ3v) is 3.90. The molecule has 21 heavy (non-hydrogen) atoms. The number of benzene rings is 1. The fourth-order valence-electron chi connectivity index (χ4n) is 2.53. The van der Waals surface area contributed by atoms with Gasteiger partial charge in [-0.25, -0.2) is 4.39 Å². The lowest BCUT2D eigenvalue weighted by Gasteiger charge is -2.29. The molecule has 7 heteroatoms. The molecule has 1 aromatic rings. The average Bonchev–Trinajstić information content (AvgIpc) is 2.43. The Labute approximate surface area is 122 Å². The topological polar surface area (TPSA) is 58.4 Å². The summed E-state index contributed by atoms with van der Waals surface area (Å²) in [7, 11) is 2.08. The molecule has 0 atom stereocenters. The second-order valence-corrected chi connectivity index (χ2v) is 5.53. The maximum atomic E-state index is 13.6. The van der Waals surface area contributed by atoms with Crippen molar-refractivity contribution in [3.05, 3.63) is 39.4 Å². The summed E-state index contributed by atoms with van der Waals surface area (Å²) < 4.78 is 26.8. The fourth-order valence-corrected chi connectivity index (χ4v) is 2.53. The van der Waals surface area contributed by atoms with Crippen molar-refractivity contribution >= 4 is 5.69 Å². The monoisotopic (exact) mass is 299 g/mol. The van der Waals surface area contributed by atoms with Crippen LogP contribution in [-0.4, -0.2) is 36.5 Å². The van der Waals surface area contributed by atoms with E-state index in [0.717, 1.165) is 38.5 Å². The van der Waals surface area contributed by atoms with E-state index in [2.05, 4.69) is 17.3 Å². The molecule has 1 aliphatic heterocycles. The molecule has 0 spiro atoms. The van der Waals surface area contributed by atoms with Gasteiger partial charge < -0.3 is 10.2 Å². The van der Waals surface area contributed by atoms with Crippen LogP contribution in [0.5, 0.6) is 0 Å². The van der Waals surface area contributed by atoms with Crippen LogP contribution in [0.25, 0.3) is 0 Å². The van der Waals surface area contributed by atoms with Gasteiger partial charge in [-0.15, -0.1) is 0 Å². The maximum absolute atomic E-state index is 13.6. The molecule has 1 fully saturated rings. The first-order chi connectivity index (χ1) is 9.97. The van der Waals surface area contributed by atoms with Gasteiger partial charge in [0.15, 0.2) is 0 Å². The van der Waals surface area contributed by atoms with Gasteiger partial charge in [0.1, 0.15) is 5.82 Å². The number of hydrogen-bond acceptors (Lipinski definition) is 4. The number of rotatable bonds is 5. The van der Waals surface area contributed by atoms with Crippen LogP contribution in [0, 0.1) is 27.7 Å². The second-order valence-electron chi connectivity index (χ2n) is 5.53. The third-order valence-electron chi connectivity index (χ3n) is 3.90. The Hall–Kier alpha value is -1.60. The van der Waals surface area contributed by atoms with Crippen molar-refractivity contribution < 1.29 is 13.7 Å². The molecule has 116 valence electrons. The zero-order valence-corrected chi connectivity index (χ0v) is 11.9. The molecule has 0 aliphatic carbocycles. The minimum absolute atomic E-state index is 0.121. The number of nitro benzene ring substituents is 1. The number of nitrogens with one attached hydrogen (secondary N) is 1. The Morgan fingerprint density at radius 1 is 1.33 bits per heavy atom. The average molecular weight is 299 g/mol. The van der Waals surface area contributed by atoms with Crippen LogP contribution in [-0.2, 0) is 6.54 Å². The molecule has 0 amide bonds. The highest BCUT2D eigenvalue weighted by molar-refractivity contribution is 5.37. The molecule has 1 N–H and O–H groups in total. The minimum atomic E-state index is -1.14. The maximum Gasteiger partial charge on any atom is 0.305 e. The summed E-state index contributed by atoms with van der Waals surface area (Å²) in [4.78, 5) is 12.1. The van der Waals surface area contributed by atoms with E-state index in [-0.39, 0.29) is 12.1 Å². The molecule has 1 aromatic carbocycles. The summed E-state index contributed by atoms with van der Waals surface area (Å²) in [6, 6.07) is 1.54. The lowest BCUT2D eigenvalue weighted by atomic mass is 9.97. The number of hydrogen-bond donors (Lipinski definition) is 1. The Morgan fingerprint density at radius 2 is 2.00 bits per heavy atom. The highest BCUT2D eigenvalue weighted by Gasteiger charge is 2.19. The molecule has 0 bridgehead atoms. The number of halogens is 2. The van der Waals surface area contributed by atoms with Crippen LogP contribution < -0.4 is 5.32 Å². The predicted octanol–water partition coefficient (Wildman–Crippen LogP) is 2.30. The first kappa shape index (κ1) is 15.8. The van der Waals surface area contributed by atoms with E-state index < -0.39 is 22.2 Å². The van der Waals surface area contributed by atoms with E-state index in [4.69, 9.17) is 0 Å². The molecule has 0 saturated carbocycles. The summed E-state index contributed by atoms with van der Waals surface area (Å²) in [5.74, 6) is -1.37. The van der Waals surface area contributed by atoms with E-state index >= 15 is 0 Å². The van der Waals surface area contributed by atoms with Gasteiger partial charge in [0.2, 0.25) is 5.82 Å². The Morgan fingerprint density at radius 3 is 2.62 bits per heavy atom. The largest absolute Gasteiger partial charge is 0.312 e. The van der Waals surface area contributed by atoms with Crippen molar-refractivity contribution in [3.63, 3.8) is 0 Å². The number of likely N-dealkylation sites (tertiary alicyclic amines) is 1. The van der Waals surface area contributed by atoms with Crippen LogP contribution in [0.4, 0.5) is 14.5 Å². The molecule has 1 heterocycles. The minimum Gasteiger partial charge on any atom is -0.312 e. The van der Waals surface area contributed by atoms with Crippen molar-refractivity contribution in [2.45, 2.75) is 19.4 Å². The molecule has 0 unspecified atom stereocenters. The summed E-state index contributed by atoms with van der Waals surface area (Å²) in [6.45, 7) is 2.99. The van der Waals surface area contributed by atoms with Gasteiger partial charge >= 0.3 is 5.69 Å². The lowest BCUT2D eigenvalue weighted by Crippen LogP contribution is -2.34. The Kier molecular flexibility index (Phi) is 5.19. The Balaban J connectivity index is 1.91. The van der Waals surface area contributed by atoms with Crippen molar-refractivity contribution in [1.82, 2.24) is 10.2 Å². The zero-order chi connectivity index (χ0) is 15.4. The number of nitro groups is 1. The summed E-state index contributed by atoms with van der Waals surface area (Å²) in [5.41, 5.74) is -0.566. The van der Waals surface area contributed by atoms with Crippen molar-refractivity contribution in [1.29, 1.82) is 0 Å². The molecule has 0 radical (unpaired) electrons. The van der Waals surface area contributed by atoms with E-state index in [9.17, 15) is 18.9 Å². The van der Waals surface area contributed by atoms with Gasteiger partial charge in [-0.05, 0) is 45.4 Å². The Bertz CT molecular complexity index is 517. The summed E-state index contributed by atoms with van der Waals surface area (Å²) in [6.07, 6.45) is 2.16. The van der Waals surface area contributed by atoms with Gasteiger partial charge in [-0.2, -0.15) is 4.39 Å². The van der Waals surface area contributed by atoms with Gasteiger partial charge in [-0.1, -0.05) is 0 Å². The van der Waals surface area contributed by atoms with E-state index in [0.29, 0.717) is 12.0 Å². The van der Waals surface area contributed by atoms with Gasteiger partial charge in [0.25, 0.3) is 0 Å². The van der Waals surface area contributed by atoms with Crippen LogP contribution in [0.15, 0.2) is 12.1 Å².